The van der Waals surface area contributed by atoms with Gasteiger partial charge in [-0.3, -0.25) is 14.6 Å². The van der Waals surface area contributed by atoms with Gasteiger partial charge in [0, 0.05) is 37.9 Å². The van der Waals surface area contributed by atoms with E-state index in [1.165, 1.54) is 0 Å². The van der Waals surface area contributed by atoms with Crippen LogP contribution in [-0.2, 0) is 16.0 Å². The van der Waals surface area contributed by atoms with Gasteiger partial charge in [0.15, 0.2) is 0 Å². The number of nitrogens with one attached hydrogen (secondary N) is 1. The van der Waals surface area contributed by atoms with Gasteiger partial charge in [-0.05, 0) is 68.4 Å². The normalized spacial score (nSPS) is 19.0. The second kappa shape index (κ2) is 9.88. The fraction of sp³-hybridized carbons (Fsp3) is 0.480. The third-order valence-corrected chi connectivity index (χ3v) is 5.78. The van der Waals surface area contributed by atoms with Gasteiger partial charge in [0.1, 0.15) is 0 Å². The third-order valence-electron chi connectivity index (χ3n) is 5.78. The number of aromatic nitrogens is 1. The van der Waals surface area contributed by atoms with E-state index < -0.39 is 5.41 Å². The van der Waals surface area contributed by atoms with Crippen LogP contribution in [0.5, 0.6) is 0 Å². The molecule has 0 bridgehead atoms. The average Bonchev–Trinajstić information content (AvgIpc) is 2.74. The predicted octanol–water partition coefficient (Wildman–Crippen LogP) is 4.22. The van der Waals surface area contributed by atoms with Gasteiger partial charge in [0.05, 0.1) is 5.41 Å². The van der Waals surface area contributed by atoms with E-state index in [2.05, 4.69) is 28.5 Å². The lowest BCUT2D eigenvalue weighted by Crippen LogP contribution is -2.55. The molecule has 1 aliphatic heterocycles. The molecule has 1 aliphatic rings. The molecule has 0 aliphatic carbocycles. The minimum atomic E-state index is -0.594. The number of pyridine rings is 1. The van der Waals surface area contributed by atoms with Crippen molar-refractivity contribution >= 4 is 11.8 Å². The number of nitrogens with zero attached hydrogens (tertiary/aromatic N) is 2. The molecule has 0 radical (unpaired) electrons. The number of amides is 2. The van der Waals surface area contributed by atoms with Crippen LogP contribution < -0.4 is 5.32 Å². The van der Waals surface area contributed by atoms with Crippen molar-refractivity contribution in [2.24, 2.45) is 5.41 Å². The van der Waals surface area contributed by atoms with Gasteiger partial charge < -0.3 is 10.2 Å². The van der Waals surface area contributed by atoms with Crippen LogP contribution in [0.15, 0.2) is 48.8 Å². The molecule has 30 heavy (non-hydrogen) atoms. The highest BCUT2D eigenvalue weighted by molar-refractivity contribution is 5.85. The summed E-state index contributed by atoms with van der Waals surface area (Å²) >= 11 is 0. The zero-order chi connectivity index (χ0) is 21.6. The van der Waals surface area contributed by atoms with Crippen LogP contribution in [0, 0.1) is 5.41 Å². The third kappa shape index (κ3) is 5.26. The van der Waals surface area contributed by atoms with E-state index in [0.717, 1.165) is 42.5 Å². The van der Waals surface area contributed by atoms with Crippen LogP contribution in [-0.4, -0.2) is 40.8 Å². The summed E-state index contributed by atoms with van der Waals surface area (Å²) in [5.41, 5.74) is 2.75. The van der Waals surface area contributed by atoms with E-state index >= 15 is 0 Å². The monoisotopic (exact) mass is 407 g/mol. The Morgan fingerprint density at radius 3 is 2.63 bits per heavy atom. The number of hydrogen-bond acceptors (Lipinski definition) is 3. The van der Waals surface area contributed by atoms with E-state index in [4.69, 9.17) is 0 Å². The molecule has 2 amide bonds. The molecule has 1 aromatic heterocycles. The maximum Gasteiger partial charge on any atom is 0.228 e. The van der Waals surface area contributed by atoms with Crippen molar-refractivity contribution in [3.63, 3.8) is 0 Å². The molecular weight excluding hydrogens is 374 g/mol. The van der Waals surface area contributed by atoms with Crippen molar-refractivity contribution in [2.75, 3.05) is 13.1 Å². The molecule has 1 fully saturated rings. The fourth-order valence-corrected chi connectivity index (χ4v) is 4.34. The minimum Gasteiger partial charge on any atom is -0.353 e. The largest absolute Gasteiger partial charge is 0.353 e. The van der Waals surface area contributed by atoms with Gasteiger partial charge in [0.25, 0.3) is 0 Å². The van der Waals surface area contributed by atoms with E-state index in [-0.39, 0.29) is 17.9 Å². The maximum absolute atomic E-state index is 13.4. The summed E-state index contributed by atoms with van der Waals surface area (Å²) in [6.45, 7) is 7.22. The molecule has 1 aromatic carbocycles. The summed E-state index contributed by atoms with van der Waals surface area (Å²) in [7, 11) is 0. The first-order valence-electron chi connectivity index (χ1n) is 11.0. The molecule has 1 N–H and O–H groups in total. The Kier molecular flexibility index (Phi) is 7.24. The number of rotatable bonds is 7. The highest BCUT2D eigenvalue weighted by Gasteiger charge is 2.43. The number of piperidine rings is 1. The average molecular weight is 408 g/mol. The summed E-state index contributed by atoms with van der Waals surface area (Å²) < 4.78 is 0. The fourth-order valence-electron chi connectivity index (χ4n) is 4.34. The Morgan fingerprint density at radius 2 is 1.93 bits per heavy atom. The van der Waals surface area contributed by atoms with E-state index in [0.29, 0.717) is 19.4 Å². The highest BCUT2D eigenvalue weighted by atomic mass is 16.2. The summed E-state index contributed by atoms with van der Waals surface area (Å²) in [4.78, 5) is 32.0. The molecule has 5 nitrogen and oxygen atoms in total. The first kappa shape index (κ1) is 22.0. The van der Waals surface area contributed by atoms with Crippen LogP contribution in [0.4, 0.5) is 0 Å². The molecule has 5 heteroatoms. The van der Waals surface area contributed by atoms with E-state index in [1.807, 2.05) is 43.9 Å². The molecule has 2 aromatic rings. The Labute approximate surface area is 179 Å². The number of carbonyl (C=O) groups is 2. The quantitative estimate of drug-likeness (QED) is 0.747. The first-order chi connectivity index (χ1) is 14.4. The topological polar surface area (TPSA) is 62.3 Å². The molecule has 0 saturated carbocycles. The maximum atomic E-state index is 13.4. The van der Waals surface area contributed by atoms with Crippen LogP contribution in [0.3, 0.4) is 0 Å². The molecule has 2 heterocycles. The molecule has 0 unspecified atom stereocenters. The van der Waals surface area contributed by atoms with Crippen LogP contribution in [0.25, 0.3) is 11.1 Å². The van der Waals surface area contributed by atoms with E-state index in [9.17, 15) is 9.59 Å². The van der Waals surface area contributed by atoms with Gasteiger partial charge >= 0.3 is 0 Å². The Hall–Kier alpha value is -2.69. The van der Waals surface area contributed by atoms with Gasteiger partial charge in [-0.2, -0.15) is 0 Å². The number of likely N-dealkylation sites (tertiary alicyclic amines) is 1. The predicted molar refractivity (Wildman–Crippen MR) is 120 cm³/mol. The van der Waals surface area contributed by atoms with Crippen molar-refractivity contribution in [1.82, 2.24) is 15.2 Å². The second-order valence-corrected chi connectivity index (χ2v) is 8.69. The Bertz CT molecular complexity index is 866. The van der Waals surface area contributed by atoms with Gasteiger partial charge in [-0.1, -0.05) is 31.2 Å². The van der Waals surface area contributed by atoms with E-state index in [1.54, 1.807) is 12.4 Å². The van der Waals surface area contributed by atoms with Crippen LogP contribution >= 0.6 is 0 Å². The molecule has 3 rings (SSSR count). The molecular formula is C25H33N3O2. The van der Waals surface area contributed by atoms with Crippen LogP contribution in [0.1, 0.15) is 52.0 Å². The van der Waals surface area contributed by atoms with Gasteiger partial charge in [-0.25, -0.2) is 0 Å². The summed E-state index contributed by atoms with van der Waals surface area (Å²) in [6.07, 6.45) is 7.22. The molecule has 0 spiro atoms. The second-order valence-electron chi connectivity index (χ2n) is 8.69. The zero-order valence-corrected chi connectivity index (χ0v) is 18.4. The Balaban J connectivity index is 1.90. The van der Waals surface area contributed by atoms with Crippen LogP contribution in [0.2, 0.25) is 0 Å². The number of carbonyl (C=O) groups excluding carboxylic acids is 2. The van der Waals surface area contributed by atoms with Crippen molar-refractivity contribution in [3.05, 3.63) is 54.4 Å². The lowest BCUT2D eigenvalue weighted by molar-refractivity contribution is -0.142. The molecule has 1 atom stereocenters. The lowest BCUT2D eigenvalue weighted by atomic mass is 9.73. The van der Waals surface area contributed by atoms with Crippen molar-refractivity contribution in [3.8, 4) is 11.1 Å². The smallest absolute Gasteiger partial charge is 0.228 e. The first-order valence-corrected chi connectivity index (χ1v) is 11.0. The lowest BCUT2D eigenvalue weighted by Gasteiger charge is -2.42. The minimum absolute atomic E-state index is 0.0563. The molecule has 160 valence electrons. The number of benzene rings is 1. The highest BCUT2D eigenvalue weighted by Crippen LogP contribution is 2.35. The van der Waals surface area contributed by atoms with Gasteiger partial charge in [0.2, 0.25) is 11.8 Å². The molecule has 1 saturated heterocycles. The standard InChI is InChI=1S/C25H33N3O2/c1-4-7-23(29)28-15-6-12-25(18-28,24(30)27-19(2)3)17-20-8-5-9-22(16-20)21-10-13-26-14-11-21/h5,8-11,13-14,16,19H,4,6-7,12,15,17-18H2,1-3H3,(H,27,30)/t25-/m1/s1. The SMILES string of the molecule is CCCC(=O)N1CCC[C@](Cc2cccc(-c3ccncc3)c2)(C(=O)NC(C)C)C1. The van der Waals surface area contributed by atoms with Crippen molar-refractivity contribution < 1.29 is 9.59 Å². The Morgan fingerprint density at radius 1 is 1.17 bits per heavy atom. The van der Waals surface area contributed by atoms with Crippen molar-refractivity contribution in [1.29, 1.82) is 0 Å². The number of hydrogen-bond donors (Lipinski definition) is 1. The van der Waals surface area contributed by atoms with Gasteiger partial charge in [-0.15, -0.1) is 0 Å². The summed E-state index contributed by atoms with van der Waals surface area (Å²) in [5, 5.41) is 3.13. The zero-order valence-electron chi connectivity index (χ0n) is 18.4. The summed E-state index contributed by atoms with van der Waals surface area (Å²) in [6, 6.07) is 12.4. The van der Waals surface area contributed by atoms with Crippen molar-refractivity contribution in [2.45, 2.75) is 58.9 Å². The summed E-state index contributed by atoms with van der Waals surface area (Å²) in [5.74, 6) is 0.213.